The van der Waals surface area contributed by atoms with Gasteiger partial charge in [-0.1, -0.05) is 11.6 Å². The molecule has 1 N–H and O–H groups in total. The second kappa shape index (κ2) is 8.70. The largest absolute Gasteiger partial charge is 0.508 e. The van der Waals surface area contributed by atoms with Crippen LogP contribution >= 0.6 is 11.6 Å². The standard InChI is InChI=1S/C18H26ClNO4/c1-3-24-17(22)18(8-10-23-2)7-4-9-20(13-18)12-14-11-15(19)5-6-16(14)21/h5-6,11,21H,3-4,7-10,12-13H2,1-2H3/t18-/m0/s1. The number of esters is 1. The molecule has 1 fully saturated rings. The van der Waals surface area contributed by atoms with Crippen molar-refractivity contribution >= 4 is 17.6 Å². The van der Waals surface area contributed by atoms with Crippen molar-refractivity contribution in [3.8, 4) is 5.75 Å². The summed E-state index contributed by atoms with van der Waals surface area (Å²) in [7, 11) is 1.64. The Hall–Kier alpha value is -1.30. The van der Waals surface area contributed by atoms with Gasteiger partial charge in [0.05, 0.1) is 12.0 Å². The number of benzene rings is 1. The summed E-state index contributed by atoms with van der Waals surface area (Å²) >= 11 is 6.03. The highest BCUT2D eigenvalue weighted by atomic mass is 35.5. The van der Waals surface area contributed by atoms with Gasteiger partial charge in [-0.2, -0.15) is 0 Å². The summed E-state index contributed by atoms with van der Waals surface area (Å²) in [6.45, 7) is 4.76. The van der Waals surface area contributed by atoms with Crippen LogP contribution in [-0.2, 0) is 20.8 Å². The molecule has 1 aromatic rings. The molecule has 0 aliphatic carbocycles. The number of ether oxygens (including phenoxy) is 2. The molecule has 1 saturated heterocycles. The number of likely N-dealkylation sites (tertiary alicyclic amines) is 1. The van der Waals surface area contributed by atoms with Gasteiger partial charge in [-0.15, -0.1) is 0 Å². The molecule has 6 heteroatoms. The molecule has 1 atom stereocenters. The number of methoxy groups -OCH3 is 1. The maximum Gasteiger partial charge on any atom is 0.313 e. The van der Waals surface area contributed by atoms with E-state index in [1.54, 1.807) is 25.3 Å². The molecule has 0 unspecified atom stereocenters. The number of halogens is 1. The monoisotopic (exact) mass is 355 g/mol. The molecule has 24 heavy (non-hydrogen) atoms. The summed E-state index contributed by atoms with van der Waals surface area (Å²) < 4.78 is 10.5. The van der Waals surface area contributed by atoms with Gasteiger partial charge in [0.15, 0.2) is 0 Å². The topological polar surface area (TPSA) is 59.0 Å². The van der Waals surface area contributed by atoms with Crippen molar-refractivity contribution < 1.29 is 19.4 Å². The number of hydrogen-bond donors (Lipinski definition) is 1. The lowest BCUT2D eigenvalue weighted by molar-refractivity contribution is -0.160. The number of phenols is 1. The molecule has 1 aliphatic heterocycles. The van der Waals surface area contributed by atoms with Crippen molar-refractivity contribution in [1.82, 2.24) is 4.90 Å². The van der Waals surface area contributed by atoms with Crippen LogP contribution in [-0.4, -0.2) is 49.4 Å². The quantitative estimate of drug-likeness (QED) is 0.761. The Morgan fingerprint density at radius 1 is 1.46 bits per heavy atom. The molecular formula is C18H26ClNO4. The summed E-state index contributed by atoms with van der Waals surface area (Å²) in [4.78, 5) is 14.8. The van der Waals surface area contributed by atoms with Gasteiger partial charge >= 0.3 is 5.97 Å². The van der Waals surface area contributed by atoms with Crippen molar-refractivity contribution in [2.45, 2.75) is 32.7 Å². The number of carbonyl (C=O) groups is 1. The lowest BCUT2D eigenvalue weighted by atomic mass is 9.77. The minimum atomic E-state index is -0.543. The minimum Gasteiger partial charge on any atom is -0.508 e. The zero-order valence-electron chi connectivity index (χ0n) is 14.4. The van der Waals surface area contributed by atoms with Gasteiger partial charge in [-0.3, -0.25) is 9.69 Å². The second-order valence-electron chi connectivity index (χ2n) is 6.33. The second-order valence-corrected chi connectivity index (χ2v) is 6.77. The first kappa shape index (κ1) is 19.0. The summed E-state index contributed by atoms with van der Waals surface area (Å²) in [5.41, 5.74) is 0.229. The van der Waals surface area contributed by atoms with Crippen LogP contribution in [0.5, 0.6) is 5.75 Å². The molecule has 134 valence electrons. The Labute approximate surface area is 148 Å². The highest BCUT2D eigenvalue weighted by Crippen LogP contribution is 2.36. The summed E-state index contributed by atoms with van der Waals surface area (Å²) in [5, 5.41) is 10.6. The molecule has 0 bridgehead atoms. The zero-order chi connectivity index (χ0) is 17.6. The molecule has 0 radical (unpaired) electrons. The number of phenolic OH excluding ortho intramolecular Hbond substituents is 1. The number of rotatable bonds is 7. The molecule has 1 aromatic carbocycles. The van der Waals surface area contributed by atoms with Gasteiger partial charge in [-0.25, -0.2) is 0 Å². The van der Waals surface area contributed by atoms with E-state index in [0.717, 1.165) is 24.9 Å². The van der Waals surface area contributed by atoms with Crippen molar-refractivity contribution in [3.63, 3.8) is 0 Å². The van der Waals surface area contributed by atoms with E-state index in [2.05, 4.69) is 4.90 Å². The zero-order valence-corrected chi connectivity index (χ0v) is 15.1. The molecule has 1 heterocycles. The van der Waals surface area contributed by atoms with Crippen LogP contribution in [0, 0.1) is 5.41 Å². The molecule has 0 spiro atoms. The van der Waals surface area contributed by atoms with Crippen LogP contribution in [0.3, 0.4) is 0 Å². The van der Waals surface area contributed by atoms with Gasteiger partial charge in [-0.05, 0) is 50.9 Å². The summed E-state index contributed by atoms with van der Waals surface area (Å²) in [6.07, 6.45) is 2.34. The summed E-state index contributed by atoms with van der Waals surface area (Å²) in [6, 6.07) is 5.04. The SMILES string of the molecule is CCOC(=O)[C@]1(CCOC)CCCN(Cc2cc(Cl)ccc2O)C1. The van der Waals surface area contributed by atoms with E-state index >= 15 is 0 Å². The molecule has 0 aromatic heterocycles. The Balaban J connectivity index is 2.14. The van der Waals surface area contributed by atoms with Crippen LogP contribution < -0.4 is 0 Å². The number of piperidine rings is 1. The van der Waals surface area contributed by atoms with Crippen molar-refractivity contribution in [1.29, 1.82) is 0 Å². The lowest BCUT2D eigenvalue weighted by Crippen LogP contribution is -2.48. The van der Waals surface area contributed by atoms with Gasteiger partial charge in [0.25, 0.3) is 0 Å². The van der Waals surface area contributed by atoms with Crippen molar-refractivity contribution in [2.24, 2.45) is 5.41 Å². The van der Waals surface area contributed by atoms with Gasteiger partial charge in [0.1, 0.15) is 5.75 Å². The van der Waals surface area contributed by atoms with E-state index in [9.17, 15) is 9.90 Å². The summed E-state index contributed by atoms with van der Waals surface area (Å²) in [5.74, 6) is 0.0747. The highest BCUT2D eigenvalue weighted by Gasteiger charge is 2.43. The van der Waals surface area contributed by atoms with E-state index in [1.165, 1.54) is 0 Å². The van der Waals surface area contributed by atoms with Crippen LogP contribution in [0.2, 0.25) is 5.02 Å². The van der Waals surface area contributed by atoms with Gasteiger partial charge < -0.3 is 14.6 Å². The Bertz CT molecular complexity index is 566. The van der Waals surface area contributed by atoms with Gasteiger partial charge in [0, 0.05) is 37.4 Å². The van der Waals surface area contributed by atoms with Gasteiger partial charge in [0.2, 0.25) is 0 Å². The fourth-order valence-electron chi connectivity index (χ4n) is 3.34. The first-order valence-corrected chi connectivity index (χ1v) is 8.74. The first-order valence-electron chi connectivity index (χ1n) is 8.36. The van der Waals surface area contributed by atoms with Crippen LogP contribution in [0.1, 0.15) is 31.7 Å². The molecule has 0 amide bonds. The third-order valence-corrected chi connectivity index (χ3v) is 4.82. The number of carbonyl (C=O) groups excluding carboxylic acids is 1. The van der Waals surface area contributed by atoms with Crippen molar-refractivity contribution in [2.75, 3.05) is 33.4 Å². The molecule has 5 nitrogen and oxygen atoms in total. The predicted octanol–water partition coefficient (Wildman–Crippen LogP) is 3.23. The van der Waals surface area contributed by atoms with Crippen LogP contribution in [0.15, 0.2) is 18.2 Å². The Morgan fingerprint density at radius 2 is 2.25 bits per heavy atom. The Kier molecular flexibility index (Phi) is 6.90. The fourth-order valence-corrected chi connectivity index (χ4v) is 3.53. The number of aromatic hydroxyl groups is 1. The molecule has 1 aliphatic rings. The smallest absolute Gasteiger partial charge is 0.313 e. The average molecular weight is 356 g/mol. The highest BCUT2D eigenvalue weighted by molar-refractivity contribution is 6.30. The number of nitrogens with zero attached hydrogens (tertiary/aromatic N) is 1. The van der Waals surface area contributed by atoms with Crippen LogP contribution in [0.25, 0.3) is 0 Å². The normalized spacial score (nSPS) is 21.6. The Morgan fingerprint density at radius 3 is 2.96 bits per heavy atom. The van der Waals surface area contributed by atoms with Crippen molar-refractivity contribution in [3.05, 3.63) is 28.8 Å². The fraction of sp³-hybridized carbons (Fsp3) is 0.611. The van der Waals surface area contributed by atoms with E-state index in [-0.39, 0.29) is 11.7 Å². The van der Waals surface area contributed by atoms with Crippen LogP contribution in [0.4, 0.5) is 0 Å². The maximum absolute atomic E-state index is 12.6. The third-order valence-electron chi connectivity index (χ3n) is 4.58. The van der Waals surface area contributed by atoms with E-state index in [0.29, 0.717) is 37.7 Å². The van der Waals surface area contributed by atoms with E-state index in [4.69, 9.17) is 21.1 Å². The third kappa shape index (κ3) is 4.62. The minimum absolute atomic E-state index is 0.151. The lowest BCUT2D eigenvalue weighted by Gasteiger charge is -2.41. The maximum atomic E-state index is 12.6. The number of hydrogen-bond acceptors (Lipinski definition) is 5. The molecular weight excluding hydrogens is 330 g/mol. The van der Waals surface area contributed by atoms with E-state index in [1.807, 2.05) is 6.92 Å². The molecule has 2 rings (SSSR count). The predicted molar refractivity (Wildman–Crippen MR) is 93.2 cm³/mol. The average Bonchev–Trinajstić information content (AvgIpc) is 2.57. The molecule has 0 saturated carbocycles. The van der Waals surface area contributed by atoms with E-state index < -0.39 is 5.41 Å². The first-order chi connectivity index (χ1) is 11.5.